The lowest BCUT2D eigenvalue weighted by Gasteiger charge is -2.57. The zero-order valence-electron chi connectivity index (χ0n) is 13.1. The molecule has 1 saturated heterocycles. The van der Waals surface area contributed by atoms with E-state index in [4.69, 9.17) is 21.7 Å². The lowest BCUT2D eigenvalue weighted by Crippen LogP contribution is -2.70. The Morgan fingerprint density at radius 1 is 1.43 bits per heavy atom. The van der Waals surface area contributed by atoms with Crippen LogP contribution in [0.1, 0.15) is 39.3 Å². The van der Waals surface area contributed by atoms with Gasteiger partial charge in [-0.2, -0.15) is 0 Å². The van der Waals surface area contributed by atoms with Gasteiger partial charge in [0.15, 0.2) is 22.3 Å². The maximum atomic E-state index is 6.44. The van der Waals surface area contributed by atoms with E-state index in [2.05, 4.69) is 44.0 Å². The second-order valence-electron chi connectivity index (χ2n) is 6.21. The van der Waals surface area contributed by atoms with Gasteiger partial charge in [-0.3, -0.25) is 0 Å². The third-order valence-electron chi connectivity index (χ3n) is 4.71. The standard InChI is InChI=1S/C16H22N2O2S/c1-9(2)18-15(21)17-13-10(3)16(18,4)20-14-11(13)7-6-8-12(14)19-5/h6-10,13H,1-5H3,(H,17,21). The molecule has 2 heterocycles. The van der Waals surface area contributed by atoms with Crippen molar-refractivity contribution in [3.63, 3.8) is 0 Å². The Balaban J connectivity index is 2.17. The van der Waals surface area contributed by atoms with E-state index in [0.717, 1.165) is 22.2 Å². The van der Waals surface area contributed by atoms with Crippen molar-refractivity contribution < 1.29 is 9.47 Å². The highest BCUT2D eigenvalue weighted by molar-refractivity contribution is 7.80. The Bertz CT molecular complexity index is 590. The SMILES string of the molecule is COc1cccc2c1OC1(C)C(C)C2NC(=S)N1C(C)C. The molecule has 3 rings (SSSR count). The Labute approximate surface area is 131 Å². The molecule has 5 heteroatoms. The van der Waals surface area contributed by atoms with Gasteiger partial charge in [-0.15, -0.1) is 0 Å². The third kappa shape index (κ3) is 1.90. The first kappa shape index (κ1) is 14.4. The number of methoxy groups -OCH3 is 1. The van der Waals surface area contributed by atoms with E-state index in [0.29, 0.717) is 0 Å². The maximum Gasteiger partial charge on any atom is 0.187 e. The summed E-state index contributed by atoms with van der Waals surface area (Å²) in [5, 5.41) is 4.24. The number of para-hydroxylation sites is 1. The topological polar surface area (TPSA) is 33.7 Å². The molecule has 0 saturated carbocycles. The zero-order chi connectivity index (χ0) is 15.4. The summed E-state index contributed by atoms with van der Waals surface area (Å²) in [5.74, 6) is 1.87. The molecule has 4 nitrogen and oxygen atoms in total. The minimum absolute atomic E-state index is 0.149. The summed E-state index contributed by atoms with van der Waals surface area (Å²) < 4.78 is 11.9. The van der Waals surface area contributed by atoms with Crippen molar-refractivity contribution in [2.45, 2.75) is 45.5 Å². The average molecular weight is 306 g/mol. The van der Waals surface area contributed by atoms with Crippen molar-refractivity contribution >= 4 is 17.3 Å². The number of fused-ring (bicyclic) bond motifs is 4. The predicted octanol–water partition coefficient (Wildman–Crippen LogP) is 3.08. The van der Waals surface area contributed by atoms with Crippen LogP contribution in [0.3, 0.4) is 0 Å². The van der Waals surface area contributed by atoms with Crippen LogP contribution >= 0.6 is 12.2 Å². The van der Waals surface area contributed by atoms with E-state index >= 15 is 0 Å². The molecule has 114 valence electrons. The van der Waals surface area contributed by atoms with Gasteiger partial charge in [0.05, 0.1) is 13.2 Å². The molecule has 3 atom stereocenters. The van der Waals surface area contributed by atoms with Crippen LogP contribution in [0.25, 0.3) is 0 Å². The number of rotatable bonds is 2. The van der Waals surface area contributed by atoms with Crippen LogP contribution in [-0.2, 0) is 0 Å². The van der Waals surface area contributed by atoms with Crippen molar-refractivity contribution in [3.05, 3.63) is 23.8 Å². The van der Waals surface area contributed by atoms with E-state index in [1.54, 1.807) is 7.11 Å². The molecule has 0 spiro atoms. The molecule has 1 fully saturated rings. The van der Waals surface area contributed by atoms with Gasteiger partial charge in [-0.05, 0) is 39.1 Å². The van der Waals surface area contributed by atoms with E-state index in [1.807, 2.05) is 12.1 Å². The van der Waals surface area contributed by atoms with Crippen molar-refractivity contribution in [2.75, 3.05) is 7.11 Å². The van der Waals surface area contributed by atoms with Crippen LogP contribution in [-0.4, -0.2) is 28.9 Å². The molecule has 0 aliphatic carbocycles. The van der Waals surface area contributed by atoms with Crippen LogP contribution in [0, 0.1) is 5.92 Å². The van der Waals surface area contributed by atoms with Crippen LogP contribution < -0.4 is 14.8 Å². The normalized spacial score (nSPS) is 30.6. The Hall–Kier alpha value is -1.49. The molecule has 1 aromatic carbocycles. The highest BCUT2D eigenvalue weighted by Gasteiger charge is 2.54. The van der Waals surface area contributed by atoms with Gasteiger partial charge in [0.1, 0.15) is 0 Å². The number of nitrogens with one attached hydrogen (secondary N) is 1. The number of thiocarbonyl (C=S) groups is 1. The Morgan fingerprint density at radius 2 is 2.14 bits per heavy atom. The molecule has 1 N–H and O–H groups in total. The van der Waals surface area contributed by atoms with Crippen molar-refractivity contribution in [1.82, 2.24) is 10.2 Å². The van der Waals surface area contributed by atoms with Gasteiger partial charge in [0, 0.05) is 17.5 Å². The molecule has 0 aromatic heterocycles. The minimum atomic E-state index is -0.469. The largest absolute Gasteiger partial charge is 0.493 e. The highest BCUT2D eigenvalue weighted by atomic mass is 32.1. The van der Waals surface area contributed by atoms with Crippen LogP contribution in [0.2, 0.25) is 0 Å². The van der Waals surface area contributed by atoms with Gasteiger partial charge < -0.3 is 19.7 Å². The molecular formula is C16H22N2O2S. The summed E-state index contributed by atoms with van der Waals surface area (Å²) in [6.07, 6.45) is 0. The number of hydrogen-bond acceptors (Lipinski definition) is 3. The molecule has 3 unspecified atom stereocenters. The van der Waals surface area contributed by atoms with E-state index in [-0.39, 0.29) is 18.0 Å². The molecule has 0 radical (unpaired) electrons. The lowest BCUT2D eigenvalue weighted by atomic mass is 9.80. The van der Waals surface area contributed by atoms with Crippen LogP contribution in [0.4, 0.5) is 0 Å². The van der Waals surface area contributed by atoms with Gasteiger partial charge in [-0.25, -0.2) is 0 Å². The van der Waals surface area contributed by atoms with Crippen molar-refractivity contribution in [3.8, 4) is 11.5 Å². The van der Waals surface area contributed by atoms with Crippen molar-refractivity contribution in [1.29, 1.82) is 0 Å². The average Bonchev–Trinajstić information content (AvgIpc) is 2.41. The summed E-state index contributed by atoms with van der Waals surface area (Å²) in [6.45, 7) is 8.59. The fraction of sp³-hybridized carbons (Fsp3) is 0.562. The summed E-state index contributed by atoms with van der Waals surface area (Å²) in [7, 11) is 1.67. The van der Waals surface area contributed by atoms with Gasteiger partial charge in [0.2, 0.25) is 0 Å². The second kappa shape index (κ2) is 4.77. The summed E-state index contributed by atoms with van der Waals surface area (Å²) in [6, 6.07) is 6.42. The maximum absolute atomic E-state index is 6.44. The number of benzene rings is 1. The highest BCUT2D eigenvalue weighted by Crippen LogP contribution is 2.51. The number of nitrogens with zero attached hydrogens (tertiary/aromatic N) is 1. The van der Waals surface area contributed by atoms with Gasteiger partial charge in [0.25, 0.3) is 0 Å². The Kier molecular flexibility index (Phi) is 3.28. The smallest absolute Gasteiger partial charge is 0.187 e. The quantitative estimate of drug-likeness (QED) is 0.849. The molecule has 2 aliphatic rings. The molecular weight excluding hydrogens is 284 g/mol. The molecule has 1 aromatic rings. The Morgan fingerprint density at radius 3 is 2.76 bits per heavy atom. The van der Waals surface area contributed by atoms with Gasteiger partial charge >= 0.3 is 0 Å². The number of hydrogen-bond donors (Lipinski definition) is 1. The fourth-order valence-electron chi connectivity index (χ4n) is 3.55. The van der Waals surface area contributed by atoms with E-state index in [1.165, 1.54) is 0 Å². The summed E-state index contributed by atoms with van der Waals surface area (Å²) in [4.78, 5) is 2.15. The molecule has 21 heavy (non-hydrogen) atoms. The zero-order valence-corrected chi connectivity index (χ0v) is 14.0. The number of ether oxygens (including phenoxy) is 2. The molecule has 2 bridgehead atoms. The monoisotopic (exact) mass is 306 g/mol. The van der Waals surface area contributed by atoms with Crippen molar-refractivity contribution in [2.24, 2.45) is 5.92 Å². The second-order valence-corrected chi connectivity index (χ2v) is 6.60. The molecule has 2 aliphatic heterocycles. The van der Waals surface area contributed by atoms with Gasteiger partial charge in [-0.1, -0.05) is 19.1 Å². The van der Waals surface area contributed by atoms with E-state index < -0.39 is 5.72 Å². The summed E-state index contributed by atoms with van der Waals surface area (Å²) in [5.41, 5.74) is 0.646. The lowest BCUT2D eigenvalue weighted by molar-refractivity contribution is -0.122. The minimum Gasteiger partial charge on any atom is -0.493 e. The summed E-state index contributed by atoms with van der Waals surface area (Å²) >= 11 is 5.58. The van der Waals surface area contributed by atoms with E-state index in [9.17, 15) is 0 Å². The first-order valence-corrected chi connectivity index (χ1v) is 7.76. The predicted molar refractivity (Wildman–Crippen MR) is 86.6 cm³/mol. The fourth-order valence-corrected chi connectivity index (χ4v) is 4.07. The van der Waals surface area contributed by atoms with Crippen LogP contribution in [0.5, 0.6) is 11.5 Å². The first-order chi connectivity index (χ1) is 9.90. The third-order valence-corrected chi connectivity index (χ3v) is 5.02. The molecule has 0 amide bonds. The first-order valence-electron chi connectivity index (χ1n) is 7.36. The van der Waals surface area contributed by atoms with Crippen LogP contribution in [0.15, 0.2) is 18.2 Å².